The van der Waals surface area contributed by atoms with Crippen molar-refractivity contribution in [3.63, 3.8) is 0 Å². The topological polar surface area (TPSA) is 38.0 Å². The Labute approximate surface area is 120 Å². The number of hydrogen-bond donors (Lipinski definition) is 2. The second-order valence-corrected chi connectivity index (χ2v) is 4.80. The van der Waals surface area contributed by atoms with Gasteiger partial charge in [-0.25, -0.2) is 23.0 Å². The summed E-state index contributed by atoms with van der Waals surface area (Å²) in [6, 6.07) is 4.64. The fourth-order valence-electron chi connectivity index (χ4n) is 1.85. The molecule has 0 aromatic heterocycles. The largest absolute Gasteiger partial charge is 0.271 e. The molecule has 2 rings (SSSR count). The van der Waals surface area contributed by atoms with Crippen molar-refractivity contribution in [2.24, 2.45) is 5.84 Å². The average molecular weight is 349 g/mol. The fourth-order valence-corrected chi connectivity index (χ4v) is 2.40. The summed E-state index contributed by atoms with van der Waals surface area (Å²) in [4.78, 5) is 0. The molecule has 1 unspecified atom stereocenters. The Kier molecular flexibility index (Phi) is 4.42. The predicted molar refractivity (Wildman–Crippen MR) is 69.6 cm³/mol. The zero-order valence-electron chi connectivity index (χ0n) is 9.93. The van der Waals surface area contributed by atoms with Gasteiger partial charge in [0.05, 0.1) is 10.5 Å². The summed E-state index contributed by atoms with van der Waals surface area (Å²) in [5, 5.41) is 0. The minimum absolute atomic E-state index is 0.112. The highest BCUT2D eigenvalue weighted by molar-refractivity contribution is 9.10. The smallest absolute Gasteiger partial charge is 0.173 e. The standard InChI is InChI=1S/C13H9BrF4N2/c14-10-6(4-5-9(16)12(10)18)13(20-19)7-2-1-3-8(15)11(7)17/h1-5,13,20H,19H2. The predicted octanol–water partition coefficient (Wildman–Crippen LogP) is 3.56. The lowest BCUT2D eigenvalue weighted by molar-refractivity contribution is 0.477. The number of nitrogens with two attached hydrogens (primary N) is 1. The molecule has 7 heteroatoms. The first-order chi connectivity index (χ1) is 9.47. The maximum Gasteiger partial charge on any atom is 0.173 e. The summed E-state index contributed by atoms with van der Waals surface area (Å²) in [7, 11) is 0. The molecule has 0 heterocycles. The van der Waals surface area contributed by atoms with Gasteiger partial charge in [0.2, 0.25) is 0 Å². The van der Waals surface area contributed by atoms with Gasteiger partial charge in [0, 0.05) is 5.56 Å². The van der Waals surface area contributed by atoms with Crippen LogP contribution in [0.4, 0.5) is 17.6 Å². The van der Waals surface area contributed by atoms with E-state index in [1.54, 1.807) is 0 Å². The third kappa shape index (κ3) is 2.56. The minimum atomic E-state index is -1.13. The molecule has 0 aliphatic rings. The highest BCUT2D eigenvalue weighted by Gasteiger charge is 2.23. The molecule has 3 N–H and O–H groups in total. The van der Waals surface area contributed by atoms with Gasteiger partial charge in [-0.2, -0.15) is 0 Å². The van der Waals surface area contributed by atoms with E-state index in [4.69, 9.17) is 5.84 Å². The van der Waals surface area contributed by atoms with Crippen LogP contribution in [-0.2, 0) is 0 Å². The summed E-state index contributed by atoms with van der Waals surface area (Å²) in [5.74, 6) is 0.993. The molecule has 0 aliphatic carbocycles. The molecule has 0 bridgehead atoms. The summed E-state index contributed by atoms with van der Waals surface area (Å²) in [5.41, 5.74) is 2.30. The monoisotopic (exact) mass is 348 g/mol. The molecule has 0 aliphatic heterocycles. The Hall–Kier alpha value is -1.44. The maximum absolute atomic E-state index is 13.8. The Morgan fingerprint density at radius 2 is 1.55 bits per heavy atom. The highest BCUT2D eigenvalue weighted by Crippen LogP contribution is 2.32. The van der Waals surface area contributed by atoms with Crippen LogP contribution >= 0.6 is 15.9 Å². The number of benzene rings is 2. The van der Waals surface area contributed by atoms with Crippen molar-refractivity contribution in [3.8, 4) is 0 Å². The molecule has 1 atom stereocenters. The Balaban J connectivity index is 2.59. The van der Waals surface area contributed by atoms with Crippen molar-refractivity contribution in [1.82, 2.24) is 5.43 Å². The number of nitrogens with one attached hydrogen (secondary N) is 1. The van der Waals surface area contributed by atoms with Crippen LogP contribution in [0.5, 0.6) is 0 Å². The molecule has 0 saturated carbocycles. The number of halogens is 5. The van der Waals surface area contributed by atoms with Crippen molar-refractivity contribution in [2.45, 2.75) is 6.04 Å². The van der Waals surface area contributed by atoms with Crippen LogP contribution in [-0.4, -0.2) is 0 Å². The third-order valence-corrected chi connectivity index (χ3v) is 3.64. The van der Waals surface area contributed by atoms with Gasteiger partial charge in [0.1, 0.15) is 0 Å². The van der Waals surface area contributed by atoms with Crippen molar-refractivity contribution < 1.29 is 17.6 Å². The van der Waals surface area contributed by atoms with E-state index < -0.39 is 29.3 Å². The Morgan fingerprint density at radius 1 is 0.900 bits per heavy atom. The van der Waals surface area contributed by atoms with Gasteiger partial charge in [-0.1, -0.05) is 18.2 Å². The van der Waals surface area contributed by atoms with Gasteiger partial charge in [-0.15, -0.1) is 0 Å². The van der Waals surface area contributed by atoms with Gasteiger partial charge >= 0.3 is 0 Å². The van der Waals surface area contributed by atoms with Crippen LogP contribution in [0, 0.1) is 23.3 Å². The second kappa shape index (κ2) is 5.90. The van der Waals surface area contributed by atoms with Gasteiger partial charge in [0.25, 0.3) is 0 Å². The van der Waals surface area contributed by atoms with Crippen LogP contribution in [0.2, 0.25) is 0 Å². The first-order valence-electron chi connectivity index (χ1n) is 5.50. The van der Waals surface area contributed by atoms with E-state index in [2.05, 4.69) is 21.4 Å². The zero-order valence-corrected chi connectivity index (χ0v) is 11.5. The molecular formula is C13H9BrF4N2. The summed E-state index contributed by atoms with van der Waals surface area (Å²) in [6.07, 6.45) is 0. The van der Waals surface area contributed by atoms with Crippen LogP contribution < -0.4 is 11.3 Å². The normalized spacial score (nSPS) is 12.5. The quantitative estimate of drug-likeness (QED) is 0.385. The van der Waals surface area contributed by atoms with Crippen LogP contribution in [0.3, 0.4) is 0 Å². The molecule has 106 valence electrons. The van der Waals surface area contributed by atoms with E-state index in [1.807, 2.05) is 0 Å². The first-order valence-corrected chi connectivity index (χ1v) is 6.30. The van der Waals surface area contributed by atoms with Crippen molar-refractivity contribution in [3.05, 3.63) is 69.2 Å². The van der Waals surface area contributed by atoms with E-state index in [1.165, 1.54) is 18.2 Å². The number of hydrazine groups is 1. The Morgan fingerprint density at radius 3 is 2.20 bits per heavy atom. The van der Waals surface area contributed by atoms with E-state index in [0.29, 0.717) is 0 Å². The van der Waals surface area contributed by atoms with E-state index >= 15 is 0 Å². The lowest BCUT2D eigenvalue weighted by Gasteiger charge is -2.19. The summed E-state index contributed by atoms with van der Waals surface area (Å²) >= 11 is 2.89. The van der Waals surface area contributed by atoms with Gasteiger partial charge < -0.3 is 0 Å². The third-order valence-electron chi connectivity index (χ3n) is 2.84. The molecule has 0 spiro atoms. The van der Waals surface area contributed by atoms with Crippen LogP contribution in [0.25, 0.3) is 0 Å². The van der Waals surface area contributed by atoms with Crippen LogP contribution in [0.15, 0.2) is 34.8 Å². The molecule has 0 saturated heterocycles. The van der Waals surface area contributed by atoms with Gasteiger partial charge in [-0.05, 0) is 33.6 Å². The molecule has 0 radical (unpaired) electrons. The molecule has 0 amide bonds. The SMILES string of the molecule is NNC(c1cccc(F)c1F)c1ccc(F)c(F)c1Br. The molecule has 2 nitrogen and oxygen atoms in total. The van der Waals surface area contributed by atoms with E-state index in [0.717, 1.165) is 12.1 Å². The van der Waals surface area contributed by atoms with Gasteiger partial charge in [0.15, 0.2) is 23.3 Å². The average Bonchev–Trinajstić information content (AvgIpc) is 2.44. The molecule has 2 aromatic rings. The first kappa shape index (κ1) is 15.0. The van der Waals surface area contributed by atoms with Crippen molar-refractivity contribution >= 4 is 15.9 Å². The Bertz CT molecular complexity index is 649. The molecule has 2 aromatic carbocycles. The summed E-state index contributed by atoms with van der Waals surface area (Å²) < 4.78 is 53.4. The van der Waals surface area contributed by atoms with E-state index in [-0.39, 0.29) is 15.6 Å². The molecular weight excluding hydrogens is 340 g/mol. The maximum atomic E-state index is 13.8. The minimum Gasteiger partial charge on any atom is -0.271 e. The number of hydrogen-bond acceptors (Lipinski definition) is 2. The number of rotatable bonds is 3. The van der Waals surface area contributed by atoms with E-state index in [9.17, 15) is 17.6 Å². The van der Waals surface area contributed by atoms with Crippen molar-refractivity contribution in [2.75, 3.05) is 0 Å². The van der Waals surface area contributed by atoms with Crippen molar-refractivity contribution in [1.29, 1.82) is 0 Å². The van der Waals surface area contributed by atoms with Gasteiger partial charge in [-0.3, -0.25) is 5.84 Å². The molecule has 0 fully saturated rings. The highest BCUT2D eigenvalue weighted by atomic mass is 79.9. The zero-order chi connectivity index (χ0) is 14.9. The fraction of sp³-hybridized carbons (Fsp3) is 0.0769. The van der Waals surface area contributed by atoms with Crippen LogP contribution in [0.1, 0.15) is 17.2 Å². The lowest BCUT2D eigenvalue weighted by atomic mass is 9.98. The lowest BCUT2D eigenvalue weighted by Crippen LogP contribution is -2.30. The molecule has 20 heavy (non-hydrogen) atoms. The second-order valence-electron chi connectivity index (χ2n) is 4.01. The summed E-state index contributed by atoms with van der Waals surface area (Å²) in [6.45, 7) is 0.